The van der Waals surface area contributed by atoms with Crippen LogP contribution in [0.2, 0.25) is 0 Å². The monoisotopic (exact) mass is 256 g/mol. The van der Waals surface area contributed by atoms with E-state index in [9.17, 15) is 4.79 Å². The van der Waals surface area contributed by atoms with Crippen molar-refractivity contribution in [2.24, 2.45) is 5.92 Å². The predicted molar refractivity (Wildman–Crippen MR) is 64.1 cm³/mol. The fraction of sp³-hybridized carbons (Fsp3) is 0.818. The number of carbonyl (C=O) groups is 1. The molecule has 7 nitrogen and oxygen atoms in total. The Bertz CT molecular complexity index is 378. The third kappa shape index (κ3) is 4.06. The zero-order chi connectivity index (χ0) is 13.5. The van der Waals surface area contributed by atoms with Crippen LogP contribution in [-0.4, -0.2) is 44.5 Å². The average Bonchev–Trinajstić information content (AvgIpc) is 2.74. The predicted octanol–water partition coefficient (Wildman–Crippen LogP) is 0.924. The first kappa shape index (κ1) is 14.6. The van der Waals surface area contributed by atoms with Gasteiger partial charge in [-0.15, -0.1) is 5.10 Å². The van der Waals surface area contributed by atoms with Crippen molar-refractivity contribution in [3.05, 3.63) is 5.82 Å². The van der Waals surface area contributed by atoms with Crippen LogP contribution in [0.3, 0.4) is 0 Å². The van der Waals surface area contributed by atoms with Crippen LogP contribution in [0, 0.1) is 5.92 Å². The summed E-state index contributed by atoms with van der Waals surface area (Å²) in [6.45, 7) is 7.02. The van der Waals surface area contributed by atoms with Crippen LogP contribution in [0.1, 0.15) is 39.1 Å². The Labute approximate surface area is 106 Å². The Balaban J connectivity index is 2.78. The van der Waals surface area contributed by atoms with E-state index in [1.54, 1.807) is 4.68 Å². The maximum Gasteiger partial charge on any atom is 0.305 e. The summed E-state index contributed by atoms with van der Waals surface area (Å²) >= 11 is 0. The minimum atomic E-state index is -0.847. The van der Waals surface area contributed by atoms with Gasteiger partial charge in [0.15, 0.2) is 5.82 Å². The third-order valence-corrected chi connectivity index (χ3v) is 2.70. The van der Waals surface area contributed by atoms with Crippen LogP contribution in [0.4, 0.5) is 0 Å². The Kier molecular flexibility index (Phi) is 5.70. The topological polar surface area (TPSA) is 90.1 Å². The van der Waals surface area contributed by atoms with Crippen LogP contribution in [0.15, 0.2) is 0 Å². The molecule has 18 heavy (non-hydrogen) atoms. The number of ether oxygens (including phenoxy) is 1. The maximum atomic E-state index is 10.9. The highest BCUT2D eigenvalue weighted by Crippen LogP contribution is 2.21. The van der Waals surface area contributed by atoms with Crippen molar-refractivity contribution >= 4 is 5.97 Å². The van der Waals surface area contributed by atoms with E-state index in [4.69, 9.17) is 9.84 Å². The first-order valence-electron chi connectivity index (χ1n) is 6.12. The molecule has 1 unspecified atom stereocenters. The number of aliphatic carboxylic acids is 1. The van der Waals surface area contributed by atoms with Gasteiger partial charge in [-0.1, -0.05) is 13.8 Å². The molecule has 1 rings (SSSR count). The second-order valence-corrected chi connectivity index (χ2v) is 4.40. The van der Waals surface area contributed by atoms with E-state index < -0.39 is 5.97 Å². The number of hydrogen-bond acceptors (Lipinski definition) is 5. The standard InChI is InChI=1S/C11H20N4O3/c1-4-18-6-5-10-12-13-14-15(10)9(8(2)3)7-11(16)17/h8-9H,4-7H2,1-3H3,(H,16,17). The van der Waals surface area contributed by atoms with Crippen molar-refractivity contribution < 1.29 is 14.6 Å². The molecule has 0 aromatic carbocycles. The van der Waals surface area contributed by atoms with E-state index in [1.807, 2.05) is 20.8 Å². The number of rotatable bonds is 8. The molecule has 7 heteroatoms. The van der Waals surface area contributed by atoms with Crippen molar-refractivity contribution in [1.82, 2.24) is 20.2 Å². The Morgan fingerprint density at radius 1 is 1.50 bits per heavy atom. The lowest BCUT2D eigenvalue weighted by Gasteiger charge is -2.20. The highest BCUT2D eigenvalue weighted by molar-refractivity contribution is 5.67. The Morgan fingerprint density at radius 3 is 2.78 bits per heavy atom. The summed E-state index contributed by atoms with van der Waals surface area (Å²) < 4.78 is 6.87. The molecule has 0 spiro atoms. The highest BCUT2D eigenvalue weighted by atomic mass is 16.5. The highest BCUT2D eigenvalue weighted by Gasteiger charge is 2.23. The molecule has 0 bridgehead atoms. The number of tetrazole rings is 1. The zero-order valence-corrected chi connectivity index (χ0v) is 11.0. The summed E-state index contributed by atoms with van der Waals surface area (Å²) in [5.41, 5.74) is 0. The minimum Gasteiger partial charge on any atom is -0.481 e. The number of carboxylic acid groups (broad SMARTS) is 1. The maximum absolute atomic E-state index is 10.9. The summed E-state index contributed by atoms with van der Waals surface area (Å²) in [5, 5.41) is 20.4. The first-order valence-corrected chi connectivity index (χ1v) is 6.12. The molecule has 1 heterocycles. The molecule has 0 aliphatic carbocycles. The molecule has 0 aliphatic rings. The van der Waals surface area contributed by atoms with Gasteiger partial charge < -0.3 is 9.84 Å². The van der Waals surface area contributed by atoms with Gasteiger partial charge >= 0.3 is 5.97 Å². The van der Waals surface area contributed by atoms with Crippen LogP contribution in [0.25, 0.3) is 0 Å². The molecule has 0 fully saturated rings. The molecule has 1 aromatic heterocycles. The molecule has 1 atom stereocenters. The summed E-state index contributed by atoms with van der Waals surface area (Å²) in [7, 11) is 0. The molecular formula is C11H20N4O3. The molecule has 102 valence electrons. The van der Waals surface area contributed by atoms with E-state index >= 15 is 0 Å². The van der Waals surface area contributed by atoms with Gasteiger partial charge in [0.25, 0.3) is 0 Å². The SMILES string of the molecule is CCOCCc1nnnn1C(CC(=O)O)C(C)C. The normalized spacial score (nSPS) is 12.9. The molecule has 0 aliphatic heterocycles. The zero-order valence-electron chi connectivity index (χ0n) is 11.0. The first-order chi connectivity index (χ1) is 8.56. The van der Waals surface area contributed by atoms with Gasteiger partial charge in [0, 0.05) is 13.0 Å². The fourth-order valence-corrected chi connectivity index (χ4v) is 1.73. The molecule has 1 N–H and O–H groups in total. The van der Waals surface area contributed by atoms with Gasteiger partial charge in [-0.3, -0.25) is 4.79 Å². The molecule has 0 saturated heterocycles. The van der Waals surface area contributed by atoms with Gasteiger partial charge in [0.1, 0.15) is 0 Å². The smallest absolute Gasteiger partial charge is 0.305 e. The second kappa shape index (κ2) is 7.05. The Morgan fingerprint density at radius 2 is 2.22 bits per heavy atom. The molecule has 0 amide bonds. The third-order valence-electron chi connectivity index (χ3n) is 2.70. The van der Waals surface area contributed by atoms with Crippen molar-refractivity contribution in [3.8, 4) is 0 Å². The largest absolute Gasteiger partial charge is 0.481 e. The lowest BCUT2D eigenvalue weighted by atomic mass is 10.0. The van der Waals surface area contributed by atoms with E-state index in [2.05, 4.69) is 15.5 Å². The van der Waals surface area contributed by atoms with Gasteiger partial charge in [-0.25, -0.2) is 4.68 Å². The lowest BCUT2D eigenvalue weighted by Crippen LogP contribution is -2.23. The lowest BCUT2D eigenvalue weighted by molar-refractivity contribution is -0.138. The van der Waals surface area contributed by atoms with Crippen LogP contribution in [-0.2, 0) is 16.0 Å². The van der Waals surface area contributed by atoms with Crippen LogP contribution < -0.4 is 0 Å². The van der Waals surface area contributed by atoms with Crippen molar-refractivity contribution in [3.63, 3.8) is 0 Å². The number of nitrogens with zero attached hydrogens (tertiary/aromatic N) is 4. The van der Waals surface area contributed by atoms with E-state index in [-0.39, 0.29) is 18.4 Å². The van der Waals surface area contributed by atoms with Gasteiger partial charge in [0.2, 0.25) is 0 Å². The molecule has 0 radical (unpaired) electrons. The Hall–Kier alpha value is -1.50. The van der Waals surface area contributed by atoms with Crippen LogP contribution in [0.5, 0.6) is 0 Å². The van der Waals surface area contributed by atoms with Crippen molar-refractivity contribution in [1.29, 1.82) is 0 Å². The number of carboxylic acids is 1. The van der Waals surface area contributed by atoms with Crippen LogP contribution >= 0.6 is 0 Å². The number of aromatic nitrogens is 4. The quantitative estimate of drug-likeness (QED) is 0.696. The van der Waals surface area contributed by atoms with E-state index in [0.717, 1.165) is 0 Å². The van der Waals surface area contributed by atoms with Gasteiger partial charge in [-0.2, -0.15) is 0 Å². The molecular weight excluding hydrogens is 236 g/mol. The van der Waals surface area contributed by atoms with Crippen molar-refractivity contribution in [2.75, 3.05) is 13.2 Å². The van der Waals surface area contributed by atoms with Gasteiger partial charge in [-0.05, 0) is 23.3 Å². The van der Waals surface area contributed by atoms with E-state index in [1.165, 1.54) is 0 Å². The summed E-state index contributed by atoms with van der Waals surface area (Å²) in [5.74, 6) is -0.0289. The summed E-state index contributed by atoms with van der Waals surface area (Å²) in [4.78, 5) is 10.9. The fourth-order valence-electron chi connectivity index (χ4n) is 1.73. The van der Waals surface area contributed by atoms with E-state index in [0.29, 0.717) is 25.5 Å². The average molecular weight is 256 g/mol. The molecule has 0 saturated carbocycles. The minimum absolute atomic E-state index is 0.0182. The second-order valence-electron chi connectivity index (χ2n) is 4.40. The summed E-state index contributed by atoms with van der Waals surface area (Å²) in [6, 6.07) is -0.228. The van der Waals surface area contributed by atoms with Gasteiger partial charge in [0.05, 0.1) is 19.1 Å². The van der Waals surface area contributed by atoms with Crippen molar-refractivity contribution in [2.45, 2.75) is 39.7 Å². The molecule has 1 aromatic rings. The number of hydrogen-bond donors (Lipinski definition) is 1. The summed E-state index contributed by atoms with van der Waals surface area (Å²) in [6.07, 6.45) is 0.605.